The molecule has 0 atom stereocenters. The third kappa shape index (κ3) is 2.60. The number of carboxylic acids is 1. The van der Waals surface area contributed by atoms with Crippen LogP contribution in [0.2, 0.25) is 0 Å². The van der Waals surface area contributed by atoms with E-state index >= 15 is 0 Å². The number of aromatic nitrogens is 4. The molecule has 0 saturated carbocycles. The standard InChI is InChI=1S/C15H15N5O2/c1-9-3-10(2)5-11(4-9)20-15-12(6-19-20)14(17-8-18-15)16-7-13(21)22/h3-6,8H,7H2,1-2H3,(H,21,22)(H,16,17,18). The smallest absolute Gasteiger partial charge is 0.322 e. The van der Waals surface area contributed by atoms with E-state index in [9.17, 15) is 4.79 Å². The van der Waals surface area contributed by atoms with E-state index in [1.54, 1.807) is 10.9 Å². The van der Waals surface area contributed by atoms with Gasteiger partial charge in [-0.05, 0) is 37.1 Å². The highest BCUT2D eigenvalue weighted by Gasteiger charge is 2.12. The zero-order valence-corrected chi connectivity index (χ0v) is 12.2. The summed E-state index contributed by atoms with van der Waals surface area (Å²) in [6.07, 6.45) is 3.03. The normalized spacial score (nSPS) is 10.8. The SMILES string of the molecule is Cc1cc(C)cc(-n2ncc3c(NCC(=O)O)ncnc32)c1. The van der Waals surface area contributed by atoms with Gasteiger partial charge >= 0.3 is 5.97 Å². The van der Waals surface area contributed by atoms with Crippen LogP contribution in [0.25, 0.3) is 16.7 Å². The fourth-order valence-corrected chi connectivity index (χ4v) is 2.41. The van der Waals surface area contributed by atoms with Crippen molar-refractivity contribution in [3.8, 4) is 5.69 Å². The largest absolute Gasteiger partial charge is 0.480 e. The van der Waals surface area contributed by atoms with Crippen LogP contribution in [0.3, 0.4) is 0 Å². The van der Waals surface area contributed by atoms with E-state index in [-0.39, 0.29) is 6.54 Å². The van der Waals surface area contributed by atoms with Crippen LogP contribution in [-0.2, 0) is 4.79 Å². The molecule has 0 radical (unpaired) electrons. The van der Waals surface area contributed by atoms with Gasteiger partial charge in [0.15, 0.2) is 5.65 Å². The molecule has 0 aliphatic carbocycles. The van der Waals surface area contributed by atoms with Crippen LogP contribution in [0, 0.1) is 13.8 Å². The van der Waals surface area contributed by atoms with Crippen molar-refractivity contribution in [3.63, 3.8) is 0 Å². The predicted octanol–water partition coefficient (Wildman–Crippen LogP) is 1.93. The second-order valence-electron chi connectivity index (χ2n) is 5.11. The number of anilines is 1. The maximum atomic E-state index is 10.7. The number of nitrogens with zero attached hydrogens (tertiary/aromatic N) is 4. The van der Waals surface area contributed by atoms with E-state index in [0.29, 0.717) is 16.9 Å². The van der Waals surface area contributed by atoms with Gasteiger partial charge in [0.2, 0.25) is 0 Å². The maximum Gasteiger partial charge on any atom is 0.322 e. The highest BCUT2D eigenvalue weighted by Crippen LogP contribution is 2.22. The Labute approximate surface area is 126 Å². The first-order valence-corrected chi connectivity index (χ1v) is 6.77. The van der Waals surface area contributed by atoms with Crippen LogP contribution in [0.1, 0.15) is 11.1 Å². The summed E-state index contributed by atoms with van der Waals surface area (Å²) < 4.78 is 1.73. The molecule has 2 N–H and O–H groups in total. The van der Waals surface area contributed by atoms with E-state index < -0.39 is 5.97 Å². The van der Waals surface area contributed by atoms with Gasteiger partial charge < -0.3 is 10.4 Å². The number of nitrogens with one attached hydrogen (secondary N) is 1. The summed E-state index contributed by atoms with van der Waals surface area (Å²) >= 11 is 0. The minimum atomic E-state index is -0.950. The molecule has 1 aromatic carbocycles. The second-order valence-corrected chi connectivity index (χ2v) is 5.11. The number of carboxylic acid groups (broad SMARTS) is 1. The molecule has 0 fully saturated rings. The topological polar surface area (TPSA) is 92.9 Å². The van der Waals surface area contributed by atoms with Crippen molar-refractivity contribution in [2.75, 3.05) is 11.9 Å². The molecule has 3 rings (SSSR count). The van der Waals surface area contributed by atoms with Crippen LogP contribution < -0.4 is 5.32 Å². The minimum Gasteiger partial charge on any atom is -0.480 e. The second kappa shape index (κ2) is 5.44. The van der Waals surface area contributed by atoms with Gasteiger partial charge in [-0.15, -0.1) is 0 Å². The summed E-state index contributed by atoms with van der Waals surface area (Å²) in [5.74, 6) is -0.489. The molecule has 0 amide bonds. The molecule has 7 nitrogen and oxygen atoms in total. The quantitative estimate of drug-likeness (QED) is 0.764. The summed E-state index contributed by atoms with van der Waals surface area (Å²) in [5, 5.41) is 16.6. The number of hydrogen-bond acceptors (Lipinski definition) is 5. The molecule has 7 heteroatoms. The molecule has 0 aliphatic heterocycles. The van der Waals surface area contributed by atoms with Crippen molar-refractivity contribution in [1.82, 2.24) is 19.7 Å². The van der Waals surface area contributed by atoms with E-state index in [1.165, 1.54) is 6.33 Å². The molecule has 0 saturated heterocycles. The summed E-state index contributed by atoms with van der Waals surface area (Å²) in [4.78, 5) is 19.0. The van der Waals surface area contributed by atoms with Gasteiger partial charge in [0.25, 0.3) is 0 Å². The third-order valence-corrected chi connectivity index (χ3v) is 3.22. The zero-order valence-electron chi connectivity index (χ0n) is 12.2. The van der Waals surface area contributed by atoms with Gasteiger partial charge in [0.05, 0.1) is 17.3 Å². The molecule has 112 valence electrons. The number of fused-ring (bicyclic) bond motifs is 1. The average Bonchev–Trinajstić information content (AvgIpc) is 2.88. The van der Waals surface area contributed by atoms with Crippen molar-refractivity contribution in [2.45, 2.75) is 13.8 Å². The van der Waals surface area contributed by atoms with Crippen LogP contribution >= 0.6 is 0 Å². The van der Waals surface area contributed by atoms with Crippen molar-refractivity contribution in [1.29, 1.82) is 0 Å². The Morgan fingerprint density at radius 2 is 1.95 bits per heavy atom. The van der Waals surface area contributed by atoms with Crippen molar-refractivity contribution >= 4 is 22.8 Å². The number of carbonyl (C=O) groups is 1. The Morgan fingerprint density at radius 1 is 1.23 bits per heavy atom. The van der Waals surface area contributed by atoms with Crippen LogP contribution in [0.15, 0.2) is 30.7 Å². The molecule has 0 aliphatic rings. The van der Waals surface area contributed by atoms with Crippen LogP contribution in [0.4, 0.5) is 5.82 Å². The molecular weight excluding hydrogens is 282 g/mol. The highest BCUT2D eigenvalue weighted by molar-refractivity contribution is 5.88. The predicted molar refractivity (Wildman–Crippen MR) is 82.3 cm³/mol. The van der Waals surface area contributed by atoms with Crippen LogP contribution in [0.5, 0.6) is 0 Å². The third-order valence-electron chi connectivity index (χ3n) is 3.22. The summed E-state index contributed by atoms with van der Waals surface area (Å²) in [5.41, 5.74) is 3.82. The van der Waals surface area contributed by atoms with Crippen molar-refractivity contribution in [2.24, 2.45) is 0 Å². The van der Waals surface area contributed by atoms with E-state index in [4.69, 9.17) is 5.11 Å². The zero-order chi connectivity index (χ0) is 15.7. The van der Waals surface area contributed by atoms with Gasteiger partial charge in [0.1, 0.15) is 18.7 Å². The molecule has 2 aromatic heterocycles. The molecular formula is C15H15N5O2. The summed E-state index contributed by atoms with van der Waals surface area (Å²) in [7, 11) is 0. The monoisotopic (exact) mass is 297 g/mol. The molecule has 3 aromatic rings. The van der Waals surface area contributed by atoms with E-state index in [0.717, 1.165) is 16.8 Å². The highest BCUT2D eigenvalue weighted by atomic mass is 16.4. The lowest BCUT2D eigenvalue weighted by Gasteiger charge is -2.07. The van der Waals surface area contributed by atoms with Gasteiger partial charge in [-0.2, -0.15) is 5.10 Å². The molecule has 0 spiro atoms. The Morgan fingerprint density at radius 3 is 2.64 bits per heavy atom. The first-order chi connectivity index (χ1) is 10.5. The summed E-state index contributed by atoms with van der Waals surface area (Å²) in [6, 6.07) is 6.13. The van der Waals surface area contributed by atoms with Crippen LogP contribution in [-0.4, -0.2) is 37.4 Å². The molecule has 2 heterocycles. The van der Waals surface area contributed by atoms with Gasteiger partial charge in [0, 0.05) is 0 Å². The first-order valence-electron chi connectivity index (χ1n) is 6.77. The number of rotatable bonds is 4. The molecule has 22 heavy (non-hydrogen) atoms. The fraction of sp³-hybridized carbons (Fsp3) is 0.200. The molecule has 0 unspecified atom stereocenters. The lowest BCUT2D eigenvalue weighted by molar-refractivity contribution is -0.134. The van der Waals surface area contributed by atoms with Crippen molar-refractivity contribution < 1.29 is 9.90 Å². The Hall–Kier alpha value is -2.96. The first kappa shape index (κ1) is 14.0. The van der Waals surface area contributed by atoms with E-state index in [2.05, 4.69) is 26.4 Å². The maximum absolute atomic E-state index is 10.7. The minimum absolute atomic E-state index is 0.207. The molecule has 0 bridgehead atoms. The Bertz CT molecular complexity index is 836. The number of hydrogen-bond donors (Lipinski definition) is 2. The average molecular weight is 297 g/mol. The summed E-state index contributed by atoms with van der Waals surface area (Å²) in [6.45, 7) is 3.84. The number of aliphatic carboxylic acids is 1. The lowest BCUT2D eigenvalue weighted by atomic mass is 10.1. The van der Waals surface area contributed by atoms with Gasteiger partial charge in [-0.25, -0.2) is 14.6 Å². The number of aryl methyl sites for hydroxylation is 2. The Kier molecular flexibility index (Phi) is 3.46. The fourth-order valence-electron chi connectivity index (χ4n) is 2.41. The number of benzene rings is 1. The van der Waals surface area contributed by atoms with Gasteiger partial charge in [-0.1, -0.05) is 6.07 Å². The lowest BCUT2D eigenvalue weighted by Crippen LogP contribution is -2.13. The van der Waals surface area contributed by atoms with Crippen molar-refractivity contribution in [3.05, 3.63) is 41.9 Å². The van der Waals surface area contributed by atoms with Gasteiger partial charge in [-0.3, -0.25) is 4.79 Å². The van der Waals surface area contributed by atoms with E-state index in [1.807, 2.05) is 26.0 Å². The Balaban J connectivity index is 2.09.